The zero-order valence-electron chi connectivity index (χ0n) is 18.2. The topological polar surface area (TPSA) is 83.0 Å². The molecule has 0 aliphatic heterocycles. The van der Waals surface area contributed by atoms with E-state index in [0.717, 1.165) is 0 Å². The number of hydrogen-bond donors (Lipinski definition) is 4. The van der Waals surface area contributed by atoms with Crippen LogP contribution < -0.4 is 20.1 Å². The number of hydrogen-bond acceptors (Lipinski definition) is 6. The molecule has 2 atom stereocenters. The van der Waals surface area contributed by atoms with E-state index in [-0.39, 0.29) is 13.2 Å². The molecule has 2 aliphatic rings. The van der Waals surface area contributed by atoms with Gasteiger partial charge in [-0.2, -0.15) is 0 Å². The van der Waals surface area contributed by atoms with Crippen LogP contribution in [0.2, 0.25) is 0 Å². The molecule has 4 N–H and O–H groups in total. The largest absolute Gasteiger partial charge is 0.491 e. The molecule has 30 heavy (non-hydrogen) atoms. The number of aliphatic hydroxyl groups is 2. The van der Waals surface area contributed by atoms with E-state index < -0.39 is 12.2 Å². The van der Waals surface area contributed by atoms with Gasteiger partial charge < -0.3 is 30.3 Å². The lowest BCUT2D eigenvalue weighted by molar-refractivity contribution is 0.0998. The van der Waals surface area contributed by atoms with Crippen LogP contribution in [-0.2, 0) is 0 Å². The molecular weight excluding hydrogens is 380 g/mol. The molecule has 3 rings (SSSR count). The van der Waals surface area contributed by atoms with Crippen LogP contribution in [0.25, 0.3) is 0 Å². The van der Waals surface area contributed by atoms with Crippen molar-refractivity contribution in [1.82, 2.24) is 10.6 Å². The minimum atomic E-state index is -0.519. The average Bonchev–Trinajstić information content (AvgIpc) is 2.80. The third-order valence-corrected chi connectivity index (χ3v) is 6.20. The van der Waals surface area contributed by atoms with Gasteiger partial charge in [-0.15, -0.1) is 0 Å². The molecule has 2 aliphatic carbocycles. The molecule has 0 aromatic heterocycles. The summed E-state index contributed by atoms with van der Waals surface area (Å²) in [5.41, 5.74) is 0. The number of ether oxygens (including phenoxy) is 2. The predicted octanol–water partition coefficient (Wildman–Crippen LogP) is 3.01. The molecule has 0 radical (unpaired) electrons. The predicted molar refractivity (Wildman–Crippen MR) is 119 cm³/mol. The second-order valence-electron chi connectivity index (χ2n) is 8.89. The van der Waals surface area contributed by atoms with Gasteiger partial charge in [0.2, 0.25) is 0 Å². The molecule has 6 nitrogen and oxygen atoms in total. The molecule has 6 heteroatoms. The summed E-state index contributed by atoms with van der Waals surface area (Å²) < 4.78 is 11.4. The fraction of sp³-hybridized carbons (Fsp3) is 0.750. The second-order valence-corrected chi connectivity index (χ2v) is 8.89. The smallest absolute Gasteiger partial charge is 0.119 e. The maximum Gasteiger partial charge on any atom is 0.119 e. The summed E-state index contributed by atoms with van der Waals surface area (Å²) in [7, 11) is 0. The van der Waals surface area contributed by atoms with Gasteiger partial charge in [-0.25, -0.2) is 0 Å². The zero-order valence-corrected chi connectivity index (χ0v) is 18.2. The van der Waals surface area contributed by atoms with Crippen LogP contribution in [0.4, 0.5) is 0 Å². The third kappa shape index (κ3) is 8.80. The minimum absolute atomic E-state index is 0.269. The van der Waals surface area contributed by atoms with Gasteiger partial charge in [0.15, 0.2) is 0 Å². The first kappa shape index (κ1) is 23.3. The van der Waals surface area contributed by atoms with Crippen molar-refractivity contribution in [2.45, 2.75) is 88.5 Å². The van der Waals surface area contributed by atoms with Crippen molar-refractivity contribution in [2.24, 2.45) is 0 Å². The van der Waals surface area contributed by atoms with Gasteiger partial charge in [0.25, 0.3) is 0 Å². The lowest BCUT2D eigenvalue weighted by Gasteiger charge is -2.24. The van der Waals surface area contributed by atoms with Gasteiger partial charge in [0, 0.05) is 25.2 Å². The second kappa shape index (κ2) is 13.2. The average molecular weight is 421 g/mol. The molecule has 0 heterocycles. The van der Waals surface area contributed by atoms with Crippen molar-refractivity contribution in [1.29, 1.82) is 0 Å². The fourth-order valence-electron chi connectivity index (χ4n) is 4.35. The summed E-state index contributed by atoms with van der Waals surface area (Å²) in [6.45, 7) is 1.67. The van der Waals surface area contributed by atoms with E-state index in [0.29, 0.717) is 36.7 Å². The molecule has 0 bridgehead atoms. The molecule has 1 aromatic rings. The van der Waals surface area contributed by atoms with E-state index in [2.05, 4.69) is 10.6 Å². The van der Waals surface area contributed by atoms with E-state index >= 15 is 0 Å². The van der Waals surface area contributed by atoms with E-state index in [1.807, 2.05) is 24.3 Å². The molecule has 2 saturated carbocycles. The first-order valence-corrected chi connectivity index (χ1v) is 11.9. The van der Waals surface area contributed by atoms with Crippen LogP contribution in [0.15, 0.2) is 24.3 Å². The van der Waals surface area contributed by atoms with Gasteiger partial charge in [-0.05, 0) is 49.9 Å². The summed E-state index contributed by atoms with van der Waals surface area (Å²) in [6.07, 6.45) is 11.6. The Labute approximate surface area is 181 Å². The maximum atomic E-state index is 10.1. The number of benzene rings is 1. The lowest BCUT2D eigenvalue weighted by atomic mass is 9.95. The van der Waals surface area contributed by atoms with Crippen LogP contribution in [0.5, 0.6) is 11.5 Å². The highest BCUT2D eigenvalue weighted by molar-refractivity contribution is 5.31. The first-order chi connectivity index (χ1) is 14.7. The van der Waals surface area contributed by atoms with Gasteiger partial charge in [-0.1, -0.05) is 38.5 Å². The van der Waals surface area contributed by atoms with Crippen LogP contribution in [0.3, 0.4) is 0 Å². The standard InChI is InChI=1S/C24H40N2O4/c27-21(15-25-19-7-3-1-4-8-19)17-29-23-11-13-24(14-12-23)30-18-22(28)16-26-20-9-5-2-6-10-20/h11-14,19-22,25-28H,1-10,15-18H2. The monoisotopic (exact) mass is 420 g/mol. The summed E-state index contributed by atoms with van der Waals surface area (Å²) in [5.74, 6) is 1.41. The molecule has 0 spiro atoms. The Balaban J connectivity index is 1.27. The van der Waals surface area contributed by atoms with E-state index in [1.165, 1.54) is 64.2 Å². The summed E-state index contributed by atoms with van der Waals surface area (Å²) in [5, 5.41) is 27.2. The van der Waals surface area contributed by atoms with Crippen LogP contribution in [-0.4, -0.2) is 60.8 Å². The lowest BCUT2D eigenvalue weighted by Crippen LogP contribution is -2.39. The summed E-state index contributed by atoms with van der Waals surface area (Å²) in [6, 6.07) is 8.43. The van der Waals surface area contributed by atoms with E-state index in [4.69, 9.17) is 9.47 Å². The Morgan fingerprint density at radius 1 is 0.667 bits per heavy atom. The van der Waals surface area contributed by atoms with Gasteiger partial charge in [0.1, 0.15) is 36.9 Å². The molecule has 170 valence electrons. The summed E-state index contributed by atoms with van der Waals surface area (Å²) in [4.78, 5) is 0. The highest BCUT2D eigenvalue weighted by Gasteiger charge is 2.16. The van der Waals surface area contributed by atoms with Crippen molar-refractivity contribution < 1.29 is 19.7 Å². The molecule has 1 aromatic carbocycles. The first-order valence-electron chi connectivity index (χ1n) is 11.9. The Morgan fingerprint density at radius 2 is 1.03 bits per heavy atom. The molecule has 0 amide bonds. The zero-order chi connectivity index (χ0) is 21.0. The number of nitrogens with one attached hydrogen (secondary N) is 2. The Morgan fingerprint density at radius 3 is 1.40 bits per heavy atom. The fourth-order valence-corrected chi connectivity index (χ4v) is 4.35. The van der Waals surface area contributed by atoms with Crippen LogP contribution >= 0.6 is 0 Å². The van der Waals surface area contributed by atoms with Crippen LogP contribution in [0, 0.1) is 0 Å². The minimum Gasteiger partial charge on any atom is -0.491 e. The number of rotatable bonds is 12. The summed E-state index contributed by atoms with van der Waals surface area (Å²) >= 11 is 0. The molecular formula is C24H40N2O4. The molecule has 0 saturated heterocycles. The molecule has 2 unspecified atom stereocenters. The van der Waals surface area contributed by atoms with Crippen molar-refractivity contribution in [2.75, 3.05) is 26.3 Å². The highest BCUT2D eigenvalue weighted by atomic mass is 16.5. The van der Waals surface area contributed by atoms with E-state index in [9.17, 15) is 10.2 Å². The van der Waals surface area contributed by atoms with E-state index in [1.54, 1.807) is 0 Å². The van der Waals surface area contributed by atoms with Gasteiger partial charge in [-0.3, -0.25) is 0 Å². The third-order valence-electron chi connectivity index (χ3n) is 6.20. The normalized spacial score (nSPS) is 20.6. The van der Waals surface area contributed by atoms with Gasteiger partial charge in [0.05, 0.1) is 0 Å². The van der Waals surface area contributed by atoms with Crippen molar-refractivity contribution in [3.8, 4) is 11.5 Å². The number of aliphatic hydroxyl groups excluding tert-OH is 2. The maximum absolute atomic E-state index is 10.1. The van der Waals surface area contributed by atoms with Crippen LogP contribution in [0.1, 0.15) is 64.2 Å². The Bertz CT molecular complexity index is 520. The van der Waals surface area contributed by atoms with Crippen molar-refractivity contribution in [3.63, 3.8) is 0 Å². The van der Waals surface area contributed by atoms with Crippen molar-refractivity contribution >= 4 is 0 Å². The highest BCUT2D eigenvalue weighted by Crippen LogP contribution is 2.19. The Kier molecular flexibility index (Phi) is 10.2. The van der Waals surface area contributed by atoms with Gasteiger partial charge >= 0.3 is 0 Å². The Hall–Kier alpha value is -1.34. The molecule has 2 fully saturated rings. The SMILES string of the molecule is OC(CNC1CCCCC1)COc1ccc(OCC(O)CNC2CCCCC2)cc1. The van der Waals surface area contributed by atoms with Crippen molar-refractivity contribution in [3.05, 3.63) is 24.3 Å². The quantitative estimate of drug-likeness (QED) is 0.416.